The number of esters is 2. The Morgan fingerprint density at radius 3 is 2.60 bits per heavy atom. The standard InChI is InChI=1S/C20H20O4S/c1-2-23-18(21)14-20(13-12-15-8-4-3-5-9-15)24-19(22)16-10-6-7-11-17(16)25-20/h3-11H,2,12-14H2,1H3. The van der Waals surface area contributed by atoms with Crippen LogP contribution in [-0.2, 0) is 20.7 Å². The van der Waals surface area contributed by atoms with E-state index >= 15 is 0 Å². The number of carbonyl (C=O) groups is 2. The van der Waals surface area contributed by atoms with E-state index in [0.717, 1.165) is 10.5 Å². The van der Waals surface area contributed by atoms with E-state index in [1.165, 1.54) is 11.8 Å². The van der Waals surface area contributed by atoms with Gasteiger partial charge in [-0.15, -0.1) is 0 Å². The fourth-order valence-corrected chi connectivity index (χ4v) is 4.16. The van der Waals surface area contributed by atoms with Crippen LogP contribution in [0.15, 0.2) is 59.5 Å². The van der Waals surface area contributed by atoms with Crippen molar-refractivity contribution in [2.75, 3.05) is 6.61 Å². The number of thioether (sulfide) groups is 1. The van der Waals surface area contributed by atoms with Crippen LogP contribution < -0.4 is 0 Å². The van der Waals surface area contributed by atoms with Gasteiger partial charge in [0.05, 0.1) is 18.6 Å². The van der Waals surface area contributed by atoms with Crippen molar-refractivity contribution in [2.24, 2.45) is 0 Å². The molecule has 0 aliphatic carbocycles. The second kappa shape index (κ2) is 7.74. The number of aryl methyl sites for hydroxylation is 1. The zero-order chi connectivity index (χ0) is 17.7. The molecule has 4 nitrogen and oxygen atoms in total. The van der Waals surface area contributed by atoms with Gasteiger partial charge in [-0.05, 0) is 31.0 Å². The number of cyclic esters (lactones) is 1. The zero-order valence-corrected chi connectivity index (χ0v) is 14.9. The third-order valence-electron chi connectivity index (χ3n) is 4.04. The van der Waals surface area contributed by atoms with Gasteiger partial charge in [-0.1, -0.05) is 54.2 Å². The number of ether oxygens (including phenoxy) is 2. The molecular formula is C20H20O4S. The summed E-state index contributed by atoms with van der Waals surface area (Å²) in [7, 11) is 0. The maximum absolute atomic E-state index is 12.5. The summed E-state index contributed by atoms with van der Waals surface area (Å²) in [5.74, 6) is -0.734. The topological polar surface area (TPSA) is 52.6 Å². The van der Waals surface area contributed by atoms with Crippen molar-refractivity contribution in [3.05, 3.63) is 65.7 Å². The average molecular weight is 356 g/mol. The van der Waals surface area contributed by atoms with Gasteiger partial charge in [-0.2, -0.15) is 0 Å². The van der Waals surface area contributed by atoms with Crippen molar-refractivity contribution in [2.45, 2.75) is 36.0 Å². The molecule has 2 aromatic rings. The second-order valence-electron chi connectivity index (χ2n) is 5.87. The van der Waals surface area contributed by atoms with Crippen LogP contribution in [0.25, 0.3) is 0 Å². The van der Waals surface area contributed by atoms with E-state index < -0.39 is 4.93 Å². The fourth-order valence-electron chi connectivity index (χ4n) is 2.84. The predicted molar refractivity (Wildman–Crippen MR) is 96.5 cm³/mol. The first-order chi connectivity index (χ1) is 12.1. The molecule has 5 heteroatoms. The normalized spacial score (nSPS) is 19.0. The first-order valence-electron chi connectivity index (χ1n) is 8.33. The van der Waals surface area contributed by atoms with E-state index in [9.17, 15) is 9.59 Å². The molecule has 0 saturated heterocycles. The lowest BCUT2D eigenvalue weighted by molar-refractivity contribution is -0.146. The van der Waals surface area contributed by atoms with Crippen molar-refractivity contribution in [3.8, 4) is 0 Å². The van der Waals surface area contributed by atoms with Gasteiger partial charge >= 0.3 is 11.9 Å². The lowest BCUT2D eigenvalue weighted by atomic mass is 10.0. The minimum Gasteiger partial charge on any atom is -0.466 e. The summed E-state index contributed by atoms with van der Waals surface area (Å²) in [6.07, 6.45) is 1.29. The summed E-state index contributed by atoms with van der Waals surface area (Å²) in [5, 5.41) is 0. The van der Waals surface area contributed by atoms with Gasteiger partial charge in [0, 0.05) is 11.3 Å². The van der Waals surface area contributed by atoms with Crippen LogP contribution >= 0.6 is 11.8 Å². The van der Waals surface area contributed by atoms with E-state index in [-0.39, 0.29) is 18.4 Å². The monoisotopic (exact) mass is 356 g/mol. The molecule has 1 unspecified atom stereocenters. The van der Waals surface area contributed by atoms with E-state index in [0.29, 0.717) is 25.0 Å². The van der Waals surface area contributed by atoms with Gasteiger partial charge in [0.25, 0.3) is 0 Å². The number of fused-ring (bicyclic) bond motifs is 1. The Kier molecular flexibility index (Phi) is 5.43. The van der Waals surface area contributed by atoms with Crippen LogP contribution in [0.4, 0.5) is 0 Å². The van der Waals surface area contributed by atoms with Crippen molar-refractivity contribution in [1.29, 1.82) is 0 Å². The highest BCUT2D eigenvalue weighted by molar-refractivity contribution is 8.00. The summed E-state index contributed by atoms with van der Waals surface area (Å²) in [6.45, 7) is 2.08. The predicted octanol–water partition coefficient (Wildman–Crippen LogP) is 4.23. The number of carbonyl (C=O) groups excluding carboxylic acids is 2. The highest BCUT2D eigenvalue weighted by Crippen LogP contribution is 2.46. The van der Waals surface area contributed by atoms with Gasteiger partial charge in [-0.3, -0.25) is 4.79 Å². The minimum absolute atomic E-state index is 0.0401. The van der Waals surface area contributed by atoms with E-state index in [4.69, 9.17) is 9.47 Å². The largest absolute Gasteiger partial charge is 0.466 e. The Hall–Kier alpha value is -2.27. The molecule has 0 aromatic heterocycles. The molecule has 1 atom stereocenters. The molecular weight excluding hydrogens is 336 g/mol. The van der Waals surface area contributed by atoms with Crippen LogP contribution in [0.1, 0.15) is 35.7 Å². The van der Waals surface area contributed by atoms with Gasteiger partial charge in [0.2, 0.25) is 0 Å². The summed E-state index contributed by atoms with van der Waals surface area (Å²) in [6, 6.07) is 17.3. The molecule has 1 aliphatic rings. The Morgan fingerprint density at radius 1 is 1.12 bits per heavy atom. The first-order valence-corrected chi connectivity index (χ1v) is 9.14. The third-order valence-corrected chi connectivity index (χ3v) is 5.42. The van der Waals surface area contributed by atoms with Gasteiger partial charge in [0.15, 0.2) is 4.93 Å². The third kappa shape index (κ3) is 4.23. The van der Waals surface area contributed by atoms with Crippen molar-refractivity contribution in [3.63, 3.8) is 0 Å². The van der Waals surface area contributed by atoms with E-state index in [2.05, 4.69) is 0 Å². The molecule has 0 spiro atoms. The molecule has 3 rings (SSSR count). The van der Waals surface area contributed by atoms with Gasteiger partial charge in [0.1, 0.15) is 0 Å². The Morgan fingerprint density at radius 2 is 1.84 bits per heavy atom. The van der Waals surface area contributed by atoms with Crippen molar-refractivity contribution < 1.29 is 19.1 Å². The number of hydrogen-bond acceptors (Lipinski definition) is 5. The quantitative estimate of drug-likeness (QED) is 0.725. The van der Waals surface area contributed by atoms with Crippen molar-refractivity contribution in [1.82, 2.24) is 0 Å². The Labute approximate surface area is 151 Å². The lowest BCUT2D eigenvalue weighted by Gasteiger charge is -2.36. The maximum atomic E-state index is 12.5. The molecule has 130 valence electrons. The summed E-state index contributed by atoms with van der Waals surface area (Å²) < 4.78 is 10.9. The van der Waals surface area contributed by atoms with Crippen LogP contribution in [-0.4, -0.2) is 23.5 Å². The zero-order valence-electron chi connectivity index (χ0n) is 14.1. The van der Waals surface area contributed by atoms with Crippen LogP contribution in [0.3, 0.4) is 0 Å². The Bertz CT molecular complexity index is 759. The summed E-state index contributed by atoms with van der Waals surface area (Å²) >= 11 is 1.44. The number of rotatable bonds is 6. The summed E-state index contributed by atoms with van der Waals surface area (Å²) in [4.78, 5) is 24.5. The molecule has 0 bridgehead atoms. The van der Waals surface area contributed by atoms with Crippen molar-refractivity contribution >= 4 is 23.7 Å². The maximum Gasteiger partial charge on any atom is 0.340 e. The average Bonchev–Trinajstić information content (AvgIpc) is 2.61. The molecule has 2 aromatic carbocycles. The molecule has 0 fully saturated rings. The molecule has 0 saturated carbocycles. The second-order valence-corrected chi connectivity index (χ2v) is 7.25. The molecule has 1 aliphatic heterocycles. The van der Waals surface area contributed by atoms with Gasteiger partial charge < -0.3 is 9.47 Å². The van der Waals surface area contributed by atoms with Crippen LogP contribution in [0.5, 0.6) is 0 Å². The molecule has 0 N–H and O–H groups in total. The van der Waals surface area contributed by atoms with Crippen LogP contribution in [0.2, 0.25) is 0 Å². The number of hydrogen-bond donors (Lipinski definition) is 0. The molecule has 0 amide bonds. The summed E-state index contributed by atoms with van der Waals surface area (Å²) in [5.41, 5.74) is 1.69. The number of benzene rings is 2. The first kappa shape index (κ1) is 17.5. The SMILES string of the molecule is CCOC(=O)CC1(CCc2ccccc2)OC(=O)c2ccccc2S1. The molecule has 25 heavy (non-hydrogen) atoms. The van der Waals surface area contributed by atoms with E-state index in [1.807, 2.05) is 48.5 Å². The van der Waals surface area contributed by atoms with E-state index in [1.54, 1.807) is 13.0 Å². The minimum atomic E-state index is -0.937. The molecule has 1 heterocycles. The molecule has 0 radical (unpaired) electrons. The highest BCUT2D eigenvalue weighted by Gasteiger charge is 2.43. The fraction of sp³-hybridized carbons (Fsp3) is 0.300. The Balaban J connectivity index is 1.85. The smallest absolute Gasteiger partial charge is 0.340 e. The lowest BCUT2D eigenvalue weighted by Crippen LogP contribution is -2.38. The van der Waals surface area contributed by atoms with Gasteiger partial charge in [-0.25, -0.2) is 4.79 Å². The highest BCUT2D eigenvalue weighted by atomic mass is 32.2. The van der Waals surface area contributed by atoms with Crippen LogP contribution in [0, 0.1) is 0 Å².